The van der Waals surface area contributed by atoms with E-state index in [1.54, 1.807) is 0 Å². The van der Waals surface area contributed by atoms with Gasteiger partial charge in [-0.25, -0.2) is 0 Å². The largest absolute Gasteiger partial charge is 0.466 e. The minimum atomic E-state index is -0.659. The summed E-state index contributed by atoms with van der Waals surface area (Å²) in [5.41, 5.74) is 4.64. The van der Waals surface area contributed by atoms with Crippen LogP contribution >= 0.6 is 11.6 Å². The first-order chi connectivity index (χ1) is 7.95. The zero-order valence-electron chi connectivity index (χ0n) is 9.98. The molecular formula is C10H18ClNO5. The van der Waals surface area contributed by atoms with Crippen molar-refractivity contribution in [2.24, 2.45) is 5.73 Å². The molecule has 1 unspecified atom stereocenters. The SMILES string of the molecule is CC(=O)OCCC(COC(C)=O)O[C@H](Cl)CN. The van der Waals surface area contributed by atoms with E-state index in [2.05, 4.69) is 0 Å². The van der Waals surface area contributed by atoms with Gasteiger partial charge in [0.25, 0.3) is 0 Å². The lowest BCUT2D eigenvalue weighted by Gasteiger charge is -2.19. The van der Waals surface area contributed by atoms with Crippen molar-refractivity contribution in [1.29, 1.82) is 0 Å². The number of carbonyl (C=O) groups excluding carboxylic acids is 2. The maximum Gasteiger partial charge on any atom is 0.302 e. The molecule has 6 nitrogen and oxygen atoms in total. The van der Waals surface area contributed by atoms with E-state index >= 15 is 0 Å². The van der Waals surface area contributed by atoms with Crippen LogP contribution < -0.4 is 5.73 Å². The van der Waals surface area contributed by atoms with E-state index in [1.165, 1.54) is 13.8 Å². The second kappa shape index (κ2) is 9.21. The van der Waals surface area contributed by atoms with Crippen LogP contribution in [0.2, 0.25) is 0 Å². The van der Waals surface area contributed by atoms with Crippen molar-refractivity contribution in [3.05, 3.63) is 0 Å². The van der Waals surface area contributed by atoms with Gasteiger partial charge in [-0.2, -0.15) is 0 Å². The second-order valence-electron chi connectivity index (χ2n) is 3.34. The molecule has 0 aliphatic heterocycles. The minimum Gasteiger partial charge on any atom is -0.466 e. The van der Waals surface area contributed by atoms with Crippen LogP contribution in [0.5, 0.6) is 0 Å². The van der Waals surface area contributed by atoms with E-state index in [0.717, 1.165) is 0 Å². The molecule has 0 amide bonds. The molecule has 0 bridgehead atoms. The van der Waals surface area contributed by atoms with E-state index in [4.69, 9.17) is 31.5 Å². The molecule has 0 saturated heterocycles. The number of nitrogens with two attached hydrogens (primary N) is 1. The van der Waals surface area contributed by atoms with E-state index < -0.39 is 17.6 Å². The monoisotopic (exact) mass is 267 g/mol. The number of ether oxygens (including phenoxy) is 3. The Morgan fingerprint density at radius 1 is 1.24 bits per heavy atom. The maximum absolute atomic E-state index is 10.7. The molecule has 7 heteroatoms. The third-order valence-corrected chi connectivity index (χ3v) is 2.02. The third kappa shape index (κ3) is 10.0. The predicted molar refractivity (Wildman–Crippen MR) is 61.5 cm³/mol. The predicted octanol–water partition coefficient (Wildman–Crippen LogP) is 0.412. The Morgan fingerprint density at radius 3 is 2.29 bits per heavy atom. The lowest BCUT2D eigenvalue weighted by molar-refractivity contribution is -0.149. The Hall–Kier alpha value is -0.850. The molecule has 0 rings (SSSR count). The number of hydrogen-bond donors (Lipinski definition) is 1. The van der Waals surface area contributed by atoms with Crippen LogP contribution in [0.25, 0.3) is 0 Å². The Bertz CT molecular complexity index is 249. The zero-order chi connectivity index (χ0) is 13.3. The number of rotatable bonds is 8. The summed E-state index contributed by atoms with van der Waals surface area (Å²) in [5, 5.41) is 0. The Balaban J connectivity index is 4.00. The lowest BCUT2D eigenvalue weighted by Crippen LogP contribution is -2.30. The van der Waals surface area contributed by atoms with E-state index in [1.807, 2.05) is 0 Å². The summed E-state index contributed by atoms with van der Waals surface area (Å²) >= 11 is 5.72. The van der Waals surface area contributed by atoms with Gasteiger partial charge in [0.1, 0.15) is 12.2 Å². The maximum atomic E-state index is 10.7. The fourth-order valence-corrected chi connectivity index (χ4v) is 1.14. The molecule has 0 saturated carbocycles. The van der Waals surface area contributed by atoms with Gasteiger partial charge in [0.2, 0.25) is 0 Å². The highest BCUT2D eigenvalue weighted by molar-refractivity contribution is 6.19. The molecule has 0 aliphatic carbocycles. The average Bonchev–Trinajstić information content (AvgIpc) is 2.24. The van der Waals surface area contributed by atoms with Crippen LogP contribution in [0.4, 0.5) is 0 Å². The van der Waals surface area contributed by atoms with Crippen LogP contribution in [-0.2, 0) is 23.8 Å². The average molecular weight is 268 g/mol. The zero-order valence-corrected chi connectivity index (χ0v) is 10.7. The van der Waals surface area contributed by atoms with Gasteiger partial charge < -0.3 is 19.9 Å². The molecule has 0 aromatic rings. The standard InChI is InChI=1S/C10H18ClNO5/c1-7(13)15-4-3-9(6-16-8(2)14)17-10(11)5-12/h9-10H,3-6,12H2,1-2H3/t9?,10-/m0/s1. The van der Waals surface area contributed by atoms with Gasteiger partial charge in [-0.05, 0) is 0 Å². The number of esters is 2. The lowest BCUT2D eigenvalue weighted by atomic mass is 10.3. The van der Waals surface area contributed by atoms with Crippen molar-refractivity contribution in [2.75, 3.05) is 19.8 Å². The van der Waals surface area contributed by atoms with Crippen LogP contribution in [0.15, 0.2) is 0 Å². The minimum absolute atomic E-state index is 0.0554. The topological polar surface area (TPSA) is 87.8 Å². The molecule has 0 aromatic heterocycles. The van der Waals surface area contributed by atoms with Crippen LogP contribution in [0, 0.1) is 0 Å². The van der Waals surface area contributed by atoms with Crippen molar-refractivity contribution in [3.63, 3.8) is 0 Å². The summed E-state index contributed by atoms with van der Waals surface area (Å²) in [5.74, 6) is -0.789. The first kappa shape index (κ1) is 16.1. The first-order valence-corrected chi connectivity index (χ1v) is 5.65. The number of hydrogen-bond acceptors (Lipinski definition) is 6. The Morgan fingerprint density at radius 2 is 1.82 bits per heavy atom. The van der Waals surface area contributed by atoms with Gasteiger partial charge >= 0.3 is 11.9 Å². The van der Waals surface area contributed by atoms with Gasteiger partial charge in [-0.1, -0.05) is 11.6 Å². The van der Waals surface area contributed by atoms with Gasteiger partial charge in [0.15, 0.2) is 0 Å². The number of halogens is 1. The Kier molecular flexibility index (Phi) is 8.75. The molecule has 0 radical (unpaired) electrons. The third-order valence-electron chi connectivity index (χ3n) is 1.74. The van der Waals surface area contributed by atoms with Crippen LogP contribution in [-0.4, -0.2) is 43.4 Å². The number of alkyl halides is 1. The molecule has 0 spiro atoms. The summed E-state index contributed by atoms with van der Waals surface area (Å²) in [6.45, 7) is 2.98. The van der Waals surface area contributed by atoms with Crippen molar-refractivity contribution < 1.29 is 23.8 Å². The fourth-order valence-electron chi connectivity index (χ4n) is 0.999. The highest BCUT2D eigenvalue weighted by Crippen LogP contribution is 2.07. The van der Waals surface area contributed by atoms with Gasteiger partial charge in [0.05, 0.1) is 12.7 Å². The van der Waals surface area contributed by atoms with E-state index in [0.29, 0.717) is 6.42 Å². The van der Waals surface area contributed by atoms with Gasteiger partial charge in [-0.15, -0.1) is 0 Å². The molecule has 2 N–H and O–H groups in total. The normalized spacial score (nSPS) is 13.9. The van der Waals surface area contributed by atoms with Crippen LogP contribution in [0.1, 0.15) is 20.3 Å². The highest BCUT2D eigenvalue weighted by atomic mass is 35.5. The highest BCUT2D eigenvalue weighted by Gasteiger charge is 2.16. The summed E-state index contributed by atoms with van der Waals surface area (Å²) in [6, 6.07) is 0. The summed E-state index contributed by atoms with van der Waals surface area (Å²) < 4.78 is 14.9. The molecule has 0 aromatic carbocycles. The molecule has 0 fully saturated rings. The molecule has 0 aliphatic rings. The summed E-state index contributed by atoms with van der Waals surface area (Å²) in [6.07, 6.45) is -0.0555. The summed E-state index contributed by atoms with van der Waals surface area (Å²) in [4.78, 5) is 21.2. The van der Waals surface area contributed by atoms with Gasteiger partial charge in [-0.3, -0.25) is 9.59 Å². The molecule has 0 heterocycles. The number of carbonyl (C=O) groups is 2. The van der Waals surface area contributed by atoms with Crippen molar-refractivity contribution in [3.8, 4) is 0 Å². The van der Waals surface area contributed by atoms with Crippen LogP contribution in [0.3, 0.4) is 0 Å². The molecule has 100 valence electrons. The second-order valence-corrected chi connectivity index (χ2v) is 3.82. The molecule has 2 atom stereocenters. The van der Waals surface area contributed by atoms with E-state index in [-0.39, 0.29) is 25.7 Å². The van der Waals surface area contributed by atoms with E-state index in [9.17, 15) is 9.59 Å². The first-order valence-electron chi connectivity index (χ1n) is 5.22. The smallest absolute Gasteiger partial charge is 0.302 e. The molecule has 17 heavy (non-hydrogen) atoms. The quantitative estimate of drug-likeness (QED) is 0.506. The van der Waals surface area contributed by atoms with Crippen molar-refractivity contribution in [2.45, 2.75) is 31.9 Å². The fraction of sp³-hybridized carbons (Fsp3) is 0.800. The molecular weight excluding hydrogens is 250 g/mol. The van der Waals surface area contributed by atoms with Crippen molar-refractivity contribution >= 4 is 23.5 Å². The van der Waals surface area contributed by atoms with Crippen molar-refractivity contribution in [1.82, 2.24) is 0 Å². The van der Waals surface area contributed by atoms with Gasteiger partial charge in [0, 0.05) is 26.8 Å². The Labute approximate surface area is 105 Å². The summed E-state index contributed by atoms with van der Waals surface area (Å²) in [7, 11) is 0.